The van der Waals surface area contributed by atoms with Crippen LogP contribution in [-0.4, -0.2) is 33.5 Å². The number of carboxylic acid groups (broad SMARTS) is 1. The van der Waals surface area contributed by atoms with Crippen molar-refractivity contribution in [1.82, 2.24) is 0 Å². The number of aliphatic carboxylic acids is 1. The number of hydrogen-bond donors (Lipinski definition) is 3. The van der Waals surface area contributed by atoms with Gasteiger partial charge in [0.25, 0.3) is 0 Å². The molecule has 17 heavy (non-hydrogen) atoms. The summed E-state index contributed by atoms with van der Waals surface area (Å²) in [5.74, 6) is -1.65. The molecule has 0 aromatic heterocycles. The topological polar surface area (TPSA) is 77.8 Å². The van der Waals surface area contributed by atoms with E-state index < -0.39 is 24.1 Å². The van der Waals surface area contributed by atoms with Crippen LogP contribution in [0.25, 0.3) is 0 Å². The van der Waals surface area contributed by atoms with Gasteiger partial charge < -0.3 is 15.3 Å². The third-order valence-electron chi connectivity index (χ3n) is 3.24. The summed E-state index contributed by atoms with van der Waals surface area (Å²) in [5.41, 5.74) is -0.183. The summed E-state index contributed by atoms with van der Waals surface area (Å²) in [6, 6.07) is 0. The van der Waals surface area contributed by atoms with Crippen molar-refractivity contribution in [1.29, 1.82) is 0 Å². The van der Waals surface area contributed by atoms with Gasteiger partial charge in [0.2, 0.25) is 0 Å². The molecule has 0 fully saturated rings. The van der Waals surface area contributed by atoms with Gasteiger partial charge >= 0.3 is 5.97 Å². The van der Waals surface area contributed by atoms with Crippen molar-refractivity contribution in [2.75, 3.05) is 0 Å². The van der Waals surface area contributed by atoms with Crippen molar-refractivity contribution in [3.05, 3.63) is 0 Å². The van der Waals surface area contributed by atoms with E-state index >= 15 is 0 Å². The van der Waals surface area contributed by atoms with Crippen molar-refractivity contribution < 1.29 is 20.1 Å². The fourth-order valence-electron chi connectivity index (χ4n) is 1.61. The van der Waals surface area contributed by atoms with Crippen LogP contribution in [0.3, 0.4) is 0 Å². The van der Waals surface area contributed by atoms with E-state index in [1.165, 1.54) is 6.92 Å². The Hall–Kier alpha value is -0.610. The molecular weight excluding hydrogens is 220 g/mol. The predicted octanol–water partition coefficient (Wildman–Crippen LogP) is 1.89. The SMILES string of the molecule is CC(CC(O)C(C)C(=O)O)CC(O)C(C)(C)C. The van der Waals surface area contributed by atoms with E-state index in [2.05, 4.69) is 0 Å². The second-order valence-corrected chi connectivity index (χ2v) is 6.15. The van der Waals surface area contributed by atoms with Crippen molar-refractivity contribution >= 4 is 5.97 Å². The first kappa shape index (κ1) is 16.4. The molecule has 0 aliphatic carbocycles. The molecule has 102 valence electrons. The summed E-state index contributed by atoms with van der Waals surface area (Å²) in [6.45, 7) is 9.30. The summed E-state index contributed by atoms with van der Waals surface area (Å²) in [4.78, 5) is 10.7. The lowest BCUT2D eigenvalue weighted by molar-refractivity contribution is -0.145. The number of aliphatic hydroxyl groups is 2. The molecule has 0 bridgehead atoms. The highest BCUT2D eigenvalue weighted by Crippen LogP contribution is 2.27. The highest BCUT2D eigenvalue weighted by atomic mass is 16.4. The van der Waals surface area contributed by atoms with Crippen molar-refractivity contribution in [3.63, 3.8) is 0 Å². The van der Waals surface area contributed by atoms with Gasteiger partial charge in [-0.1, -0.05) is 27.7 Å². The maximum absolute atomic E-state index is 10.7. The third kappa shape index (κ3) is 6.03. The van der Waals surface area contributed by atoms with Crippen LogP contribution >= 0.6 is 0 Å². The molecule has 0 saturated carbocycles. The van der Waals surface area contributed by atoms with E-state index in [9.17, 15) is 15.0 Å². The highest BCUT2D eigenvalue weighted by molar-refractivity contribution is 5.70. The van der Waals surface area contributed by atoms with Crippen molar-refractivity contribution in [3.8, 4) is 0 Å². The summed E-state index contributed by atoms with van der Waals surface area (Å²) >= 11 is 0. The first-order valence-corrected chi connectivity index (χ1v) is 6.14. The smallest absolute Gasteiger partial charge is 0.308 e. The Balaban J connectivity index is 4.19. The average molecular weight is 246 g/mol. The fourth-order valence-corrected chi connectivity index (χ4v) is 1.61. The van der Waals surface area contributed by atoms with E-state index in [0.717, 1.165) is 0 Å². The molecule has 0 radical (unpaired) electrons. The van der Waals surface area contributed by atoms with Crippen molar-refractivity contribution in [2.45, 2.75) is 59.7 Å². The lowest BCUT2D eigenvalue weighted by Gasteiger charge is -2.29. The molecule has 4 unspecified atom stereocenters. The van der Waals surface area contributed by atoms with Crippen molar-refractivity contribution in [2.24, 2.45) is 17.3 Å². The molecule has 4 atom stereocenters. The number of hydrogen-bond acceptors (Lipinski definition) is 3. The number of carbonyl (C=O) groups is 1. The zero-order chi connectivity index (χ0) is 13.8. The highest BCUT2D eigenvalue weighted by Gasteiger charge is 2.27. The van der Waals surface area contributed by atoms with Gasteiger partial charge in [-0.05, 0) is 31.1 Å². The van der Waals surface area contributed by atoms with Gasteiger partial charge in [-0.15, -0.1) is 0 Å². The molecule has 0 aromatic rings. The lowest BCUT2D eigenvalue weighted by Crippen LogP contribution is -2.31. The maximum Gasteiger partial charge on any atom is 0.308 e. The Bertz CT molecular complexity index is 244. The summed E-state index contributed by atoms with van der Waals surface area (Å²) in [6.07, 6.45) is -0.312. The molecule has 0 aromatic carbocycles. The number of aliphatic hydroxyl groups excluding tert-OH is 2. The minimum atomic E-state index is -0.985. The van der Waals surface area contributed by atoms with Gasteiger partial charge in [0, 0.05) is 0 Å². The molecule has 0 aliphatic heterocycles. The van der Waals surface area contributed by atoms with Gasteiger partial charge in [-0.3, -0.25) is 4.79 Å². The molecule has 0 rings (SSSR count). The molecule has 0 saturated heterocycles. The van der Waals surface area contributed by atoms with E-state index in [4.69, 9.17) is 5.11 Å². The van der Waals surface area contributed by atoms with E-state index in [-0.39, 0.29) is 11.3 Å². The zero-order valence-electron chi connectivity index (χ0n) is 11.5. The Kier molecular flexibility index (Phi) is 6.13. The van der Waals surface area contributed by atoms with E-state index in [1.54, 1.807) is 0 Å². The van der Waals surface area contributed by atoms with E-state index in [1.807, 2.05) is 27.7 Å². The maximum atomic E-state index is 10.7. The first-order valence-electron chi connectivity index (χ1n) is 6.14. The van der Waals surface area contributed by atoms with Gasteiger partial charge in [-0.2, -0.15) is 0 Å². The second kappa shape index (κ2) is 6.36. The molecule has 0 aliphatic rings. The largest absolute Gasteiger partial charge is 0.481 e. The predicted molar refractivity (Wildman–Crippen MR) is 66.7 cm³/mol. The average Bonchev–Trinajstić information content (AvgIpc) is 2.14. The number of carboxylic acids is 1. The van der Waals surface area contributed by atoms with Crippen LogP contribution in [0.4, 0.5) is 0 Å². The molecule has 4 heteroatoms. The van der Waals surface area contributed by atoms with Gasteiger partial charge in [0.05, 0.1) is 18.1 Å². The van der Waals surface area contributed by atoms with Gasteiger partial charge in [0.15, 0.2) is 0 Å². The molecule has 3 N–H and O–H groups in total. The van der Waals surface area contributed by atoms with Crippen LogP contribution < -0.4 is 0 Å². The van der Waals surface area contributed by atoms with Crippen LogP contribution in [0.5, 0.6) is 0 Å². The number of rotatable bonds is 6. The lowest BCUT2D eigenvalue weighted by atomic mass is 9.82. The van der Waals surface area contributed by atoms with Crippen LogP contribution in [0.1, 0.15) is 47.5 Å². The molecule has 0 heterocycles. The Labute approximate surface area is 104 Å². The molecule has 0 amide bonds. The Morgan fingerprint density at radius 3 is 1.94 bits per heavy atom. The summed E-state index contributed by atoms with van der Waals surface area (Å²) in [5, 5.41) is 28.4. The molecular formula is C13H26O4. The fraction of sp³-hybridized carbons (Fsp3) is 0.923. The zero-order valence-corrected chi connectivity index (χ0v) is 11.5. The molecule has 4 nitrogen and oxygen atoms in total. The van der Waals surface area contributed by atoms with E-state index in [0.29, 0.717) is 12.8 Å². The standard InChI is InChI=1S/C13H26O4/c1-8(7-11(15)13(3,4)5)6-10(14)9(2)12(16)17/h8-11,14-15H,6-7H2,1-5H3,(H,16,17). The Morgan fingerprint density at radius 2 is 1.59 bits per heavy atom. The molecule has 0 spiro atoms. The van der Waals surface area contributed by atoms with Crippen LogP contribution in [-0.2, 0) is 4.79 Å². The van der Waals surface area contributed by atoms with Crippen LogP contribution in [0, 0.1) is 17.3 Å². The quantitative estimate of drug-likeness (QED) is 0.669. The van der Waals surface area contributed by atoms with Crippen LogP contribution in [0.2, 0.25) is 0 Å². The minimum Gasteiger partial charge on any atom is -0.481 e. The Morgan fingerprint density at radius 1 is 1.12 bits per heavy atom. The van der Waals surface area contributed by atoms with Gasteiger partial charge in [0.1, 0.15) is 0 Å². The van der Waals surface area contributed by atoms with Crippen LogP contribution in [0.15, 0.2) is 0 Å². The van der Waals surface area contributed by atoms with Gasteiger partial charge in [-0.25, -0.2) is 0 Å². The third-order valence-corrected chi connectivity index (χ3v) is 3.24. The summed E-state index contributed by atoms with van der Waals surface area (Å²) < 4.78 is 0. The minimum absolute atomic E-state index is 0.0982. The first-order chi connectivity index (χ1) is 7.55. The summed E-state index contributed by atoms with van der Waals surface area (Å²) in [7, 11) is 0. The second-order valence-electron chi connectivity index (χ2n) is 6.15. The normalized spacial score (nSPS) is 19.5. The monoisotopic (exact) mass is 246 g/mol.